The van der Waals surface area contributed by atoms with E-state index in [0.717, 1.165) is 21.3 Å². The molecule has 0 radical (unpaired) electrons. The van der Waals surface area contributed by atoms with Gasteiger partial charge in [-0.15, -0.1) is 22.7 Å². The number of halogens is 1. The molecule has 0 saturated heterocycles. The maximum atomic E-state index is 11.8. The molecule has 1 N–H and O–H groups in total. The van der Waals surface area contributed by atoms with Gasteiger partial charge >= 0.3 is 0 Å². The zero-order chi connectivity index (χ0) is 12.7. The first-order valence-electron chi connectivity index (χ1n) is 5.65. The lowest BCUT2D eigenvalue weighted by Crippen LogP contribution is -2.14. The van der Waals surface area contributed by atoms with Gasteiger partial charge in [-0.25, -0.2) is 4.98 Å². The molecule has 2 aromatic heterocycles. The molecule has 6 heteroatoms. The van der Waals surface area contributed by atoms with Crippen molar-refractivity contribution in [2.24, 2.45) is 11.8 Å². The van der Waals surface area contributed by atoms with Gasteiger partial charge in [-0.05, 0) is 24.5 Å². The van der Waals surface area contributed by atoms with Gasteiger partial charge < -0.3 is 5.32 Å². The summed E-state index contributed by atoms with van der Waals surface area (Å²) < 4.78 is 0.746. The Morgan fingerprint density at radius 3 is 2.94 bits per heavy atom. The zero-order valence-electron chi connectivity index (χ0n) is 9.64. The van der Waals surface area contributed by atoms with Crippen molar-refractivity contribution >= 4 is 45.3 Å². The highest BCUT2D eigenvalue weighted by Gasteiger charge is 2.39. The fraction of sp³-hybridized carbons (Fsp3) is 0.333. The Bertz CT molecular complexity index is 592. The van der Waals surface area contributed by atoms with Crippen molar-refractivity contribution in [2.45, 2.75) is 13.3 Å². The van der Waals surface area contributed by atoms with E-state index in [9.17, 15) is 4.79 Å². The van der Waals surface area contributed by atoms with Crippen molar-refractivity contribution in [3.05, 3.63) is 21.8 Å². The molecule has 1 aliphatic rings. The van der Waals surface area contributed by atoms with Gasteiger partial charge in [0, 0.05) is 11.3 Å². The van der Waals surface area contributed by atoms with Gasteiger partial charge in [-0.1, -0.05) is 18.5 Å². The normalized spacial score (nSPS) is 21.9. The maximum Gasteiger partial charge on any atom is 0.229 e. The second-order valence-corrected chi connectivity index (χ2v) is 7.02. The first kappa shape index (κ1) is 12.1. The Kier molecular flexibility index (Phi) is 3.13. The molecular weight excluding hydrogens is 288 g/mol. The molecule has 1 amide bonds. The molecule has 1 saturated carbocycles. The van der Waals surface area contributed by atoms with Crippen LogP contribution in [0.25, 0.3) is 10.6 Å². The summed E-state index contributed by atoms with van der Waals surface area (Å²) in [7, 11) is 0. The monoisotopic (exact) mass is 298 g/mol. The standard InChI is InChI=1S/C12H11ClN2OS2/c1-6-4-7(6)11(16)15-12-14-8(5-17-12)9-2-3-10(13)18-9/h2-3,5-7H,4H2,1H3,(H,14,15,16)/t6-,7-/m1/s1. The smallest absolute Gasteiger partial charge is 0.229 e. The van der Waals surface area contributed by atoms with Crippen molar-refractivity contribution in [1.29, 1.82) is 0 Å². The third kappa shape index (κ3) is 2.43. The van der Waals surface area contributed by atoms with Gasteiger partial charge in [-0.2, -0.15) is 0 Å². The van der Waals surface area contributed by atoms with Crippen LogP contribution in [0.3, 0.4) is 0 Å². The molecule has 0 aliphatic heterocycles. The van der Waals surface area contributed by atoms with E-state index in [1.54, 1.807) is 0 Å². The summed E-state index contributed by atoms with van der Waals surface area (Å²) in [5.41, 5.74) is 0.871. The van der Waals surface area contributed by atoms with Gasteiger partial charge in [0.2, 0.25) is 5.91 Å². The third-order valence-corrected chi connectivity index (χ3v) is 5.02. The minimum atomic E-state index is 0.0904. The number of thiazole rings is 1. The van der Waals surface area contributed by atoms with Crippen LogP contribution in [0.15, 0.2) is 17.5 Å². The molecule has 0 bridgehead atoms. The van der Waals surface area contributed by atoms with Crippen LogP contribution in [0.1, 0.15) is 13.3 Å². The van der Waals surface area contributed by atoms with E-state index in [0.29, 0.717) is 11.0 Å². The summed E-state index contributed by atoms with van der Waals surface area (Å²) in [4.78, 5) is 17.2. The Morgan fingerprint density at radius 2 is 2.33 bits per heavy atom. The molecule has 3 nitrogen and oxygen atoms in total. The zero-order valence-corrected chi connectivity index (χ0v) is 12.0. The van der Waals surface area contributed by atoms with Crippen molar-refractivity contribution < 1.29 is 4.79 Å². The average molecular weight is 299 g/mol. The maximum absolute atomic E-state index is 11.8. The SMILES string of the molecule is C[C@@H]1C[C@H]1C(=O)Nc1nc(-c2ccc(Cl)s2)cs1. The van der Waals surface area contributed by atoms with Gasteiger partial charge in [-0.3, -0.25) is 4.79 Å². The lowest BCUT2D eigenvalue weighted by Gasteiger charge is -1.98. The van der Waals surface area contributed by atoms with Crippen LogP contribution < -0.4 is 5.32 Å². The van der Waals surface area contributed by atoms with Gasteiger partial charge in [0.15, 0.2) is 5.13 Å². The van der Waals surface area contributed by atoms with E-state index < -0.39 is 0 Å². The molecule has 1 fully saturated rings. The first-order chi connectivity index (χ1) is 8.63. The quantitative estimate of drug-likeness (QED) is 0.926. The van der Waals surface area contributed by atoms with E-state index >= 15 is 0 Å². The van der Waals surface area contributed by atoms with E-state index in [-0.39, 0.29) is 11.8 Å². The van der Waals surface area contributed by atoms with Crippen molar-refractivity contribution in [1.82, 2.24) is 4.98 Å². The van der Waals surface area contributed by atoms with Crippen LogP contribution >= 0.6 is 34.3 Å². The molecule has 0 spiro atoms. The average Bonchev–Trinajstić information content (AvgIpc) is 2.77. The molecule has 18 heavy (non-hydrogen) atoms. The van der Waals surface area contributed by atoms with Gasteiger partial charge in [0.05, 0.1) is 14.9 Å². The largest absolute Gasteiger partial charge is 0.302 e. The third-order valence-electron chi connectivity index (χ3n) is 3.01. The van der Waals surface area contributed by atoms with E-state index in [2.05, 4.69) is 17.2 Å². The number of anilines is 1. The number of nitrogens with zero attached hydrogens (tertiary/aromatic N) is 1. The number of carbonyl (C=O) groups excluding carboxylic acids is 1. The second-order valence-electron chi connectivity index (χ2n) is 4.45. The Morgan fingerprint density at radius 1 is 1.56 bits per heavy atom. The number of aromatic nitrogens is 1. The summed E-state index contributed by atoms with van der Waals surface area (Å²) in [6.45, 7) is 2.09. The predicted octanol–water partition coefficient (Wildman–Crippen LogP) is 4.12. The molecule has 94 valence electrons. The van der Waals surface area contributed by atoms with Crippen LogP contribution in [0, 0.1) is 11.8 Å². The Balaban J connectivity index is 1.71. The van der Waals surface area contributed by atoms with Crippen LogP contribution in [0.2, 0.25) is 4.34 Å². The second kappa shape index (κ2) is 4.64. The molecule has 0 unspecified atom stereocenters. The van der Waals surface area contributed by atoms with Gasteiger partial charge in [0.25, 0.3) is 0 Å². The Hall–Kier alpha value is -0.910. The number of hydrogen-bond acceptors (Lipinski definition) is 4. The first-order valence-corrected chi connectivity index (χ1v) is 7.73. The Labute approximate surface area is 118 Å². The molecule has 0 aromatic carbocycles. The van der Waals surface area contributed by atoms with Crippen molar-refractivity contribution in [3.63, 3.8) is 0 Å². The van der Waals surface area contributed by atoms with E-state index in [1.165, 1.54) is 22.7 Å². The molecular formula is C12H11ClN2OS2. The van der Waals surface area contributed by atoms with Crippen LogP contribution in [0.5, 0.6) is 0 Å². The summed E-state index contributed by atoms with van der Waals surface area (Å²) in [5.74, 6) is 0.779. The molecule has 2 atom stereocenters. The van der Waals surface area contributed by atoms with Crippen LogP contribution in [0.4, 0.5) is 5.13 Å². The number of thiophene rings is 1. The minimum Gasteiger partial charge on any atom is -0.302 e. The van der Waals surface area contributed by atoms with E-state index in [1.807, 2.05) is 17.5 Å². The number of hydrogen-bond donors (Lipinski definition) is 1. The summed E-state index contributed by atoms with van der Waals surface area (Å²) in [6.07, 6.45) is 0.991. The van der Waals surface area contributed by atoms with Crippen LogP contribution in [-0.2, 0) is 4.79 Å². The summed E-state index contributed by atoms with van der Waals surface area (Å²) >= 11 is 8.83. The topological polar surface area (TPSA) is 42.0 Å². The number of amides is 1. The molecule has 2 heterocycles. The highest BCUT2D eigenvalue weighted by Crippen LogP contribution is 2.39. The molecule has 2 aromatic rings. The molecule has 1 aliphatic carbocycles. The fourth-order valence-corrected chi connectivity index (χ4v) is 3.57. The van der Waals surface area contributed by atoms with Crippen molar-refractivity contribution in [3.8, 4) is 10.6 Å². The van der Waals surface area contributed by atoms with Crippen molar-refractivity contribution in [2.75, 3.05) is 5.32 Å². The predicted molar refractivity (Wildman–Crippen MR) is 76.3 cm³/mol. The molecule has 3 rings (SSSR count). The fourth-order valence-electron chi connectivity index (χ4n) is 1.78. The van der Waals surface area contributed by atoms with Crippen LogP contribution in [-0.4, -0.2) is 10.9 Å². The summed E-state index contributed by atoms with van der Waals surface area (Å²) in [5, 5.41) is 5.48. The number of rotatable bonds is 3. The lowest BCUT2D eigenvalue weighted by molar-refractivity contribution is -0.117. The number of carbonyl (C=O) groups is 1. The lowest BCUT2D eigenvalue weighted by atomic mass is 10.3. The van der Waals surface area contributed by atoms with E-state index in [4.69, 9.17) is 11.6 Å². The minimum absolute atomic E-state index is 0.0904. The van der Waals surface area contributed by atoms with Gasteiger partial charge in [0.1, 0.15) is 0 Å². The highest BCUT2D eigenvalue weighted by molar-refractivity contribution is 7.20. The number of nitrogens with one attached hydrogen (secondary N) is 1. The highest BCUT2D eigenvalue weighted by atomic mass is 35.5. The summed E-state index contributed by atoms with van der Waals surface area (Å²) in [6, 6.07) is 3.79.